The van der Waals surface area contributed by atoms with Crippen LogP contribution in [0.4, 0.5) is 20.2 Å². The van der Waals surface area contributed by atoms with Crippen LogP contribution in [-0.4, -0.2) is 45.1 Å². The fraction of sp³-hybridized carbons (Fsp3) is 0.143. The van der Waals surface area contributed by atoms with E-state index in [-0.39, 0.29) is 4.90 Å². The highest BCUT2D eigenvalue weighted by Gasteiger charge is 2.22. The lowest BCUT2D eigenvalue weighted by Gasteiger charge is -2.10. The van der Waals surface area contributed by atoms with Gasteiger partial charge in [0.15, 0.2) is 0 Å². The average molecular weight is 488 g/mol. The first-order chi connectivity index (χ1) is 13.6. The molecule has 0 N–H and O–H groups in total. The summed E-state index contributed by atoms with van der Waals surface area (Å²) in [6.45, 7) is 0. The predicted octanol–water partition coefficient (Wildman–Crippen LogP) is 2.65. The number of nitrogens with zero attached hydrogens (tertiary/aromatic N) is 3. The van der Waals surface area contributed by atoms with Gasteiger partial charge in [0.05, 0.1) is 19.6 Å². The zero-order valence-corrected chi connectivity index (χ0v) is 17.4. The summed E-state index contributed by atoms with van der Waals surface area (Å²) in [5.74, 6) is -2.41. The van der Waals surface area contributed by atoms with Crippen molar-refractivity contribution in [1.29, 1.82) is 0 Å². The molecule has 0 saturated carbocycles. The molecule has 11 nitrogen and oxygen atoms in total. The summed E-state index contributed by atoms with van der Waals surface area (Å²) in [4.78, 5) is 17.8. The van der Waals surface area contributed by atoms with Crippen LogP contribution in [0.2, 0.25) is 0 Å². The van der Waals surface area contributed by atoms with Crippen molar-refractivity contribution in [2.45, 2.75) is 9.79 Å². The second kappa shape index (κ2) is 9.38. The van der Waals surface area contributed by atoms with Crippen LogP contribution in [0.25, 0.3) is 0 Å². The second-order valence-corrected chi connectivity index (χ2v) is 10.2. The maximum Gasteiger partial charge on any atom is 0.304 e. The minimum absolute atomic E-state index is 0.319. The summed E-state index contributed by atoms with van der Waals surface area (Å²) in [5.41, 5.74) is -1.55. The van der Waals surface area contributed by atoms with Crippen LogP contribution in [-0.2, 0) is 19.1 Å². The summed E-state index contributed by atoms with van der Waals surface area (Å²) in [6.07, 6.45) is 0. The lowest BCUT2D eigenvalue weighted by molar-refractivity contribution is -0.387. The molecule has 0 heterocycles. The zero-order valence-electron chi connectivity index (χ0n) is 15.0. The summed E-state index contributed by atoms with van der Waals surface area (Å²) >= 11 is 0. The van der Waals surface area contributed by atoms with E-state index in [2.05, 4.69) is 0 Å². The lowest BCUT2D eigenvalue weighted by Crippen LogP contribution is -2.22. The molecule has 0 unspecified atom stereocenters. The fourth-order valence-electron chi connectivity index (χ4n) is 1.79. The highest BCUT2D eigenvalue weighted by molar-refractivity contribution is 8.13. The molecule has 0 aliphatic rings. The molecule has 0 aromatic heterocycles. The lowest BCUT2D eigenvalue weighted by atomic mass is 10.3. The Balaban J connectivity index is 0.000000303. The highest BCUT2D eigenvalue weighted by atomic mass is 35.7. The van der Waals surface area contributed by atoms with Crippen molar-refractivity contribution in [3.05, 3.63) is 68.3 Å². The highest BCUT2D eigenvalue weighted by Crippen LogP contribution is 2.23. The van der Waals surface area contributed by atoms with Crippen molar-refractivity contribution < 1.29 is 35.5 Å². The van der Waals surface area contributed by atoms with E-state index in [4.69, 9.17) is 10.7 Å². The fourth-order valence-corrected chi connectivity index (χ4v) is 3.47. The van der Waals surface area contributed by atoms with E-state index in [9.17, 15) is 45.8 Å². The molecule has 0 spiro atoms. The van der Waals surface area contributed by atoms with Crippen molar-refractivity contribution in [3.63, 3.8) is 0 Å². The van der Waals surface area contributed by atoms with E-state index in [1.165, 1.54) is 14.1 Å². The quantitative estimate of drug-likeness (QED) is 0.353. The van der Waals surface area contributed by atoms with E-state index in [1.54, 1.807) is 0 Å². The maximum absolute atomic E-state index is 13.2. The Labute approximate surface area is 173 Å². The van der Waals surface area contributed by atoms with Crippen molar-refractivity contribution in [2.75, 3.05) is 14.1 Å². The Bertz CT molecular complexity index is 1200. The molecule has 0 saturated heterocycles. The van der Waals surface area contributed by atoms with Crippen molar-refractivity contribution >= 4 is 41.1 Å². The van der Waals surface area contributed by atoms with Crippen LogP contribution in [0.1, 0.15) is 0 Å². The Kier molecular flexibility index (Phi) is 7.90. The first-order valence-corrected chi connectivity index (χ1v) is 11.1. The Hall–Kier alpha value is -2.75. The van der Waals surface area contributed by atoms with Gasteiger partial charge < -0.3 is 0 Å². The summed E-state index contributed by atoms with van der Waals surface area (Å²) in [5, 5.41) is 20.5. The predicted molar refractivity (Wildman–Crippen MR) is 100 cm³/mol. The molecule has 0 bridgehead atoms. The molecule has 0 radical (unpaired) electrons. The normalized spacial score (nSPS) is 11.5. The summed E-state index contributed by atoms with van der Waals surface area (Å²) in [7, 11) is -0.358. The van der Waals surface area contributed by atoms with E-state index >= 15 is 0 Å². The molecule has 2 rings (SSSR count). The average Bonchev–Trinajstić information content (AvgIpc) is 2.60. The molecule has 0 atom stereocenters. The van der Waals surface area contributed by atoms with E-state index in [0.29, 0.717) is 12.1 Å². The third kappa shape index (κ3) is 6.12. The third-order valence-electron chi connectivity index (χ3n) is 3.29. The maximum atomic E-state index is 13.2. The molecule has 2 aromatic rings. The van der Waals surface area contributed by atoms with Gasteiger partial charge >= 0.3 is 11.4 Å². The zero-order chi connectivity index (χ0) is 23.4. The molecule has 0 amide bonds. The minimum Gasteiger partial charge on any atom is -0.258 e. The Morgan fingerprint density at radius 2 is 1.20 bits per heavy atom. The van der Waals surface area contributed by atoms with Crippen molar-refractivity contribution in [1.82, 2.24) is 4.31 Å². The van der Waals surface area contributed by atoms with Crippen molar-refractivity contribution in [2.24, 2.45) is 0 Å². The molecule has 0 aliphatic carbocycles. The van der Waals surface area contributed by atoms with E-state index in [1.807, 2.05) is 0 Å². The number of benzene rings is 2. The molecular formula is C14H12ClF2N3O8S2. The largest absolute Gasteiger partial charge is 0.304 e. The smallest absolute Gasteiger partial charge is 0.258 e. The molecule has 164 valence electrons. The number of nitro groups is 2. The molecule has 30 heavy (non-hydrogen) atoms. The monoisotopic (exact) mass is 487 g/mol. The van der Waals surface area contributed by atoms with Crippen LogP contribution in [0.15, 0.2) is 46.2 Å². The Morgan fingerprint density at radius 3 is 1.50 bits per heavy atom. The number of rotatable bonds is 5. The van der Waals surface area contributed by atoms with Gasteiger partial charge in [-0.2, -0.15) is 8.78 Å². The summed E-state index contributed by atoms with van der Waals surface area (Å²) < 4.78 is 71.4. The SMILES string of the molecule is CN(C)S(=O)(=O)c1ccc([N+](=O)[O-])c(F)c1.O=[N+]([O-])c1ccc(S(=O)(=O)Cl)cc1F. The van der Waals surface area contributed by atoms with Gasteiger partial charge in [0.1, 0.15) is 0 Å². The standard InChI is InChI=1S/C8H9FN2O4S.C6H3ClFNO4S/c1-10(2)16(14,15)6-3-4-8(11(12)13)7(9)5-6;7-14(12,13)4-1-2-6(9(10)11)5(8)3-4/h3-5H,1-2H3;1-3H. The first-order valence-electron chi connectivity index (χ1n) is 7.34. The van der Waals surface area contributed by atoms with Crippen LogP contribution in [0, 0.1) is 31.9 Å². The molecule has 0 aliphatic heterocycles. The van der Waals surface area contributed by atoms with E-state index in [0.717, 1.165) is 28.6 Å². The molecular weight excluding hydrogens is 476 g/mol. The van der Waals surface area contributed by atoms with Crippen LogP contribution >= 0.6 is 10.7 Å². The first kappa shape index (κ1) is 25.3. The second-order valence-electron chi connectivity index (χ2n) is 5.47. The van der Waals surface area contributed by atoms with Crippen LogP contribution in [0.5, 0.6) is 0 Å². The number of hydrogen-bond donors (Lipinski definition) is 0. The van der Waals surface area contributed by atoms with E-state index < -0.39 is 56.8 Å². The van der Waals surface area contributed by atoms with Gasteiger partial charge in [0, 0.05) is 49.0 Å². The van der Waals surface area contributed by atoms with Crippen LogP contribution in [0.3, 0.4) is 0 Å². The van der Waals surface area contributed by atoms with Gasteiger partial charge in [0.2, 0.25) is 21.7 Å². The topological polar surface area (TPSA) is 158 Å². The number of nitro benzene ring substituents is 2. The van der Waals surface area contributed by atoms with Gasteiger partial charge in [0.25, 0.3) is 9.05 Å². The molecule has 0 fully saturated rings. The number of halogens is 3. The van der Waals surface area contributed by atoms with Gasteiger partial charge in [-0.15, -0.1) is 0 Å². The molecule has 16 heteroatoms. The van der Waals surface area contributed by atoms with Crippen LogP contribution < -0.4 is 0 Å². The van der Waals surface area contributed by atoms with Crippen molar-refractivity contribution in [3.8, 4) is 0 Å². The van der Waals surface area contributed by atoms with Gasteiger partial charge in [-0.1, -0.05) is 0 Å². The third-order valence-corrected chi connectivity index (χ3v) is 6.45. The van der Waals surface area contributed by atoms with Gasteiger partial charge in [-0.25, -0.2) is 21.1 Å². The molecule has 2 aromatic carbocycles. The number of sulfonamides is 1. The van der Waals surface area contributed by atoms with Gasteiger partial charge in [-0.3, -0.25) is 20.2 Å². The minimum atomic E-state index is -4.06. The number of hydrogen-bond acceptors (Lipinski definition) is 8. The summed E-state index contributed by atoms with van der Waals surface area (Å²) in [6, 6.07) is 4.56. The Morgan fingerprint density at radius 1 is 0.833 bits per heavy atom. The van der Waals surface area contributed by atoms with Gasteiger partial charge in [-0.05, 0) is 12.1 Å².